The number of carbonyl (C=O) groups excluding carboxylic acids is 3. The van der Waals surface area contributed by atoms with Crippen LogP contribution in [0.4, 0.5) is 0 Å². The van der Waals surface area contributed by atoms with E-state index in [0.29, 0.717) is 58.7 Å². The van der Waals surface area contributed by atoms with Crippen molar-refractivity contribution in [1.29, 1.82) is 0 Å². The third-order valence-corrected chi connectivity index (χ3v) is 5.50. The first-order valence-corrected chi connectivity index (χ1v) is 14.1. The lowest BCUT2D eigenvalue weighted by molar-refractivity contribution is -0.133. The average molecular weight is 516 g/mol. The maximum absolute atomic E-state index is 12.8. The molecule has 0 atom stereocenters. The number of ether oxygens (including phenoxy) is 3. The van der Waals surface area contributed by atoms with Crippen molar-refractivity contribution in [2.45, 2.75) is 91.4 Å². The maximum atomic E-state index is 12.8. The topological polar surface area (TPSA) is 115 Å². The summed E-state index contributed by atoms with van der Waals surface area (Å²) in [6.45, 7) is 11.7. The first-order valence-electron chi connectivity index (χ1n) is 14.1. The van der Waals surface area contributed by atoms with Crippen LogP contribution in [0.3, 0.4) is 0 Å². The molecule has 0 aliphatic heterocycles. The van der Waals surface area contributed by atoms with Crippen molar-refractivity contribution in [2.24, 2.45) is 5.92 Å². The summed E-state index contributed by atoms with van der Waals surface area (Å²) in [5.74, 6) is -1.46. The van der Waals surface area contributed by atoms with Crippen LogP contribution in [-0.2, 0) is 28.6 Å². The molecule has 0 aliphatic carbocycles. The van der Waals surface area contributed by atoms with Gasteiger partial charge < -0.3 is 30.2 Å². The minimum absolute atomic E-state index is 0.0247. The normalized spacial score (nSPS) is 11.0. The van der Waals surface area contributed by atoms with Crippen LogP contribution in [0.25, 0.3) is 0 Å². The van der Waals surface area contributed by atoms with Gasteiger partial charge in [0.05, 0.1) is 5.92 Å². The van der Waals surface area contributed by atoms with Crippen LogP contribution < -0.4 is 16.0 Å². The fraction of sp³-hybridized carbons (Fsp3) is 0.889. The molecule has 0 aliphatic rings. The zero-order chi connectivity index (χ0) is 26.7. The second-order valence-electron chi connectivity index (χ2n) is 9.05. The lowest BCUT2D eigenvalue weighted by Gasteiger charge is -2.17. The van der Waals surface area contributed by atoms with E-state index in [1.54, 1.807) is 0 Å². The fourth-order valence-electron chi connectivity index (χ4n) is 3.23. The quantitative estimate of drug-likeness (QED) is 0.152. The van der Waals surface area contributed by atoms with E-state index in [9.17, 15) is 14.4 Å². The molecule has 9 heteroatoms. The zero-order valence-corrected chi connectivity index (χ0v) is 23.2. The van der Waals surface area contributed by atoms with Crippen LogP contribution in [0.5, 0.6) is 0 Å². The molecule has 0 bridgehead atoms. The molecule has 0 saturated heterocycles. The molecule has 0 saturated carbocycles. The minimum atomic E-state index is -0.715. The number of nitrogens with one attached hydrogen (secondary N) is 3. The zero-order valence-electron chi connectivity index (χ0n) is 23.2. The number of carbonyl (C=O) groups is 3. The predicted molar refractivity (Wildman–Crippen MR) is 143 cm³/mol. The van der Waals surface area contributed by atoms with Gasteiger partial charge in [0, 0.05) is 72.1 Å². The van der Waals surface area contributed by atoms with E-state index in [4.69, 9.17) is 14.2 Å². The first kappa shape index (κ1) is 34.3. The van der Waals surface area contributed by atoms with Crippen molar-refractivity contribution in [3.8, 4) is 0 Å². The van der Waals surface area contributed by atoms with Gasteiger partial charge in [-0.05, 0) is 38.5 Å². The summed E-state index contributed by atoms with van der Waals surface area (Å²) in [5, 5.41) is 8.53. The van der Waals surface area contributed by atoms with E-state index >= 15 is 0 Å². The summed E-state index contributed by atoms with van der Waals surface area (Å²) in [6, 6.07) is 0. The molecule has 0 radical (unpaired) electrons. The Morgan fingerprint density at radius 2 is 0.861 bits per heavy atom. The summed E-state index contributed by atoms with van der Waals surface area (Å²) in [4.78, 5) is 37.6. The molecule has 0 aromatic heterocycles. The number of rotatable bonds is 26. The van der Waals surface area contributed by atoms with Crippen LogP contribution in [0, 0.1) is 5.92 Å². The van der Waals surface area contributed by atoms with Crippen LogP contribution in [0.1, 0.15) is 91.4 Å². The molecule has 0 fully saturated rings. The van der Waals surface area contributed by atoms with E-state index in [1.165, 1.54) is 0 Å². The van der Waals surface area contributed by atoms with Gasteiger partial charge in [-0.15, -0.1) is 0 Å². The molecule has 0 heterocycles. The van der Waals surface area contributed by atoms with Crippen LogP contribution in [0.2, 0.25) is 0 Å². The van der Waals surface area contributed by atoms with E-state index < -0.39 is 5.92 Å². The standard InChI is InChI=1S/C27H53N3O6/c1-4-7-16-34-19-10-13-28-25(31)22-24(27(33)30-15-12-21-36-18-9-6-3)23-26(32)29-14-11-20-35-17-8-5-2/h24H,4-23H2,1-3H3,(H,28,31)(H,29,32)(H,30,33). The second kappa shape index (κ2) is 26.4. The lowest BCUT2D eigenvalue weighted by atomic mass is 9.99. The van der Waals surface area contributed by atoms with Crippen molar-refractivity contribution < 1.29 is 28.6 Å². The summed E-state index contributed by atoms with van der Waals surface area (Å²) in [6.07, 6.45) is 8.41. The average Bonchev–Trinajstić information content (AvgIpc) is 2.86. The highest BCUT2D eigenvalue weighted by atomic mass is 16.5. The molecule has 3 N–H and O–H groups in total. The van der Waals surface area contributed by atoms with Crippen LogP contribution in [-0.4, -0.2) is 77.0 Å². The summed E-state index contributed by atoms with van der Waals surface area (Å²) < 4.78 is 16.5. The number of hydrogen-bond donors (Lipinski definition) is 3. The van der Waals surface area contributed by atoms with E-state index in [2.05, 4.69) is 36.7 Å². The van der Waals surface area contributed by atoms with Crippen molar-refractivity contribution in [3.05, 3.63) is 0 Å². The van der Waals surface area contributed by atoms with E-state index in [0.717, 1.165) is 58.3 Å². The Bertz CT molecular complexity index is 516. The van der Waals surface area contributed by atoms with Gasteiger partial charge in [-0.2, -0.15) is 0 Å². The van der Waals surface area contributed by atoms with Gasteiger partial charge in [0.25, 0.3) is 0 Å². The van der Waals surface area contributed by atoms with Gasteiger partial charge in [0.15, 0.2) is 0 Å². The van der Waals surface area contributed by atoms with Gasteiger partial charge in [-0.25, -0.2) is 0 Å². The molecule has 0 aromatic carbocycles. The molecular weight excluding hydrogens is 462 g/mol. The van der Waals surface area contributed by atoms with Crippen molar-refractivity contribution in [3.63, 3.8) is 0 Å². The molecule has 36 heavy (non-hydrogen) atoms. The summed E-state index contributed by atoms with van der Waals surface area (Å²) >= 11 is 0. The Labute approximate surface area is 219 Å². The number of unbranched alkanes of at least 4 members (excludes halogenated alkanes) is 3. The van der Waals surface area contributed by atoms with E-state index in [1.807, 2.05) is 0 Å². The highest BCUT2D eigenvalue weighted by Crippen LogP contribution is 2.10. The molecule has 0 unspecified atom stereocenters. The fourth-order valence-corrected chi connectivity index (χ4v) is 3.23. The Morgan fingerprint density at radius 1 is 0.528 bits per heavy atom. The van der Waals surface area contributed by atoms with Gasteiger partial charge in [-0.3, -0.25) is 14.4 Å². The molecule has 0 aromatic rings. The lowest BCUT2D eigenvalue weighted by Crippen LogP contribution is -2.39. The molecule has 9 nitrogen and oxygen atoms in total. The Balaban J connectivity index is 4.43. The Kier molecular flexibility index (Phi) is 25.1. The van der Waals surface area contributed by atoms with Crippen molar-refractivity contribution in [2.75, 3.05) is 59.3 Å². The van der Waals surface area contributed by atoms with Crippen molar-refractivity contribution >= 4 is 17.7 Å². The highest BCUT2D eigenvalue weighted by molar-refractivity contribution is 5.89. The van der Waals surface area contributed by atoms with Crippen molar-refractivity contribution in [1.82, 2.24) is 16.0 Å². The highest BCUT2D eigenvalue weighted by Gasteiger charge is 2.24. The molecule has 3 amide bonds. The molecular formula is C27H53N3O6. The maximum Gasteiger partial charge on any atom is 0.224 e. The van der Waals surface area contributed by atoms with Gasteiger partial charge >= 0.3 is 0 Å². The monoisotopic (exact) mass is 515 g/mol. The van der Waals surface area contributed by atoms with Gasteiger partial charge in [0.2, 0.25) is 17.7 Å². The third-order valence-electron chi connectivity index (χ3n) is 5.50. The van der Waals surface area contributed by atoms with Crippen LogP contribution in [0.15, 0.2) is 0 Å². The van der Waals surface area contributed by atoms with Gasteiger partial charge in [-0.1, -0.05) is 40.0 Å². The smallest absolute Gasteiger partial charge is 0.224 e. The number of amides is 3. The largest absolute Gasteiger partial charge is 0.381 e. The SMILES string of the molecule is CCCCOCCCNC(=O)CC(CC(=O)NCCCOCCCC)C(=O)NCCCOCCCC. The second-order valence-corrected chi connectivity index (χ2v) is 9.05. The number of hydrogen-bond acceptors (Lipinski definition) is 6. The Morgan fingerprint density at radius 3 is 1.22 bits per heavy atom. The molecule has 0 rings (SSSR count). The van der Waals surface area contributed by atoms with Crippen LogP contribution >= 0.6 is 0 Å². The predicted octanol–water partition coefficient (Wildman–Crippen LogP) is 3.35. The third kappa shape index (κ3) is 22.7. The summed E-state index contributed by atoms with van der Waals surface area (Å²) in [7, 11) is 0. The Hall–Kier alpha value is -1.71. The minimum Gasteiger partial charge on any atom is -0.381 e. The van der Waals surface area contributed by atoms with Gasteiger partial charge in [0.1, 0.15) is 0 Å². The molecule has 212 valence electrons. The molecule has 0 spiro atoms. The van der Waals surface area contributed by atoms with E-state index in [-0.39, 0.29) is 30.6 Å². The first-order chi connectivity index (χ1) is 17.5. The summed E-state index contributed by atoms with van der Waals surface area (Å²) in [5.41, 5.74) is 0.